The third-order valence-corrected chi connectivity index (χ3v) is 3.58. The van der Waals surface area contributed by atoms with Gasteiger partial charge in [0.25, 0.3) is 0 Å². The van der Waals surface area contributed by atoms with Gasteiger partial charge in [0.1, 0.15) is 0 Å². The van der Waals surface area contributed by atoms with Gasteiger partial charge in [-0.2, -0.15) is 0 Å². The van der Waals surface area contributed by atoms with Crippen LogP contribution in [0.3, 0.4) is 0 Å². The molecule has 1 saturated heterocycles. The zero-order valence-electron chi connectivity index (χ0n) is 11.3. The van der Waals surface area contributed by atoms with Gasteiger partial charge >= 0.3 is 0 Å². The maximum atomic E-state index is 9.73. The van der Waals surface area contributed by atoms with Crippen molar-refractivity contribution in [2.75, 3.05) is 38.1 Å². The maximum absolute atomic E-state index is 9.73. The second-order valence-electron chi connectivity index (χ2n) is 5.01. The van der Waals surface area contributed by atoms with Gasteiger partial charge < -0.3 is 14.9 Å². The molecule has 1 N–H and O–H groups in total. The normalized spacial score (nSPS) is 19.6. The van der Waals surface area contributed by atoms with Crippen molar-refractivity contribution < 1.29 is 5.11 Å². The Bertz CT molecular complexity index is 366. The minimum Gasteiger partial charge on any atom is -0.387 e. The molecule has 0 saturated carbocycles. The molecule has 0 spiro atoms. The summed E-state index contributed by atoms with van der Waals surface area (Å²) in [6.07, 6.45) is 3.35. The highest BCUT2D eigenvalue weighted by atomic mass is 16.3. The smallest absolute Gasteiger partial charge is 0.0957 e. The van der Waals surface area contributed by atoms with E-state index >= 15 is 0 Å². The average Bonchev–Trinajstić information content (AvgIpc) is 2.63. The van der Waals surface area contributed by atoms with E-state index < -0.39 is 6.10 Å². The Morgan fingerprint density at radius 2 is 2.11 bits per heavy atom. The molecule has 0 amide bonds. The number of likely N-dealkylation sites (N-methyl/N-ethyl adjacent to an activating group) is 1. The molecule has 100 valence electrons. The summed E-state index contributed by atoms with van der Waals surface area (Å²) in [5.41, 5.74) is 1.94. The molecule has 1 aromatic heterocycles. The van der Waals surface area contributed by atoms with Crippen molar-refractivity contribution in [2.45, 2.75) is 25.9 Å². The van der Waals surface area contributed by atoms with Crippen molar-refractivity contribution in [3.8, 4) is 0 Å². The van der Waals surface area contributed by atoms with Crippen molar-refractivity contribution in [3.63, 3.8) is 0 Å². The van der Waals surface area contributed by atoms with Gasteiger partial charge in [-0.3, -0.25) is 4.98 Å². The van der Waals surface area contributed by atoms with E-state index in [4.69, 9.17) is 0 Å². The Hall–Kier alpha value is -1.13. The molecule has 0 aliphatic carbocycles. The van der Waals surface area contributed by atoms with Crippen LogP contribution in [0.1, 0.15) is 31.6 Å². The van der Waals surface area contributed by atoms with Crippen molar-refractivity contribution >= 4 is 5.69 Å². The molecule has 1 fully saturated rings. The van der Waals surface area contributed by atoms with Crippen LogP contribution in [0.4, 0.5) is 5.69 Å². The van der Waals surface area contributed by atoms with Crippen LogP contribution in [0.25, 0.3) is 0 Å². The lowest BCUT2D eigenvalue weighted by atomic mass is 10.2. The van der Waals surface area contributed by atoms with Crippen LogP contribution in [0.5, 0.6) is 0 Å². The molecule has 0 aromatic carbocycles. The molecule has 1 aliphatic heterocycles. The lowest BCUT2D eigenvalue weighted by Gasteiger charge is -2.22. The first-order valence-electron chi connectivity index (χ1n) is 6.78. The quantitative estimate of drug-likeness (QED) is 0.884. The van der Waals surface area contributed by atoms with Gasteiger partial charge in [0.15, 0.2) is 0 Å². The highest BCUT2D eigenvalue weighted by molar-refractivity contribution is 5.44. The minimum atomic E-state index is -0.436. The van der Waals surface area contributed by atoms with Gasteiger partial charge in [-0.05, 0) is 38.6 Å². The Morgan fingerprint density at radius 1 is 1.28 bits per heavy atom. The first-order valence-corrected chi connectivity index (χ1v) is 6.78. The number of hydrogen-bond donors (Lipinski definition) is 1. The molecular formula is C14H23N3O. The predicted octanol–water partition coefficient (Wildman–Crippen LogP) is 1.67. The van der Waals surface area contributed by atoms with Crippen LogP contribution >= 0.6 is 0 Å². The highest BCUT2D eigenvalue weighted by Gasteiger charge is 2.13. The third-order valence-electron chi connectivity index (χ3n) is 3.58. The topological polar surface area (TPSA) is 39.6 Å². The molecule has 2 rings (SSSR count). The summed E-state index contributed by atoms with van der Waals surface area (Å²) < 4.78 is 0. The van der Waals surface area contributed by atoms with Gasteiger partial charge in [-0.15, -0.1) is 0 Å². The molecular weight excluding hydrogens is 226 g/mol. The number of aliphatic hydroxyl groups is 1. The number of anilines is 1. The lowest BCUT2D eigenvalue weighted by molar-refractivity contribution is 0.169. The fourth-order valence-corrected chi connectivity index (χ4v) is 2.30. The number of nitrogens with zero attached hydrogens (tertiary/aromatic N) is 3. The molecule has 1 unspecified atom stereocenters. The Morgan fingerprint density at radius 3 is 2.78 bits per heavy atom. The molecule has 1 aliphatic rings. The number of pyridine rings is 1. The van der Waals surface area contributed by atoms with E-state index in [9.17, 15) is 5.11 Å². The van der Waals surface area contributed by atoms with E-state index in [0.717, 1.165) is 37.6 Å². The van der Waals surface area contributed by atoms with Crippen molar-refractivity contribution in [1.29, 1.82) is 0 Å². The SMILES string of the molecule is CCC(O)c1ccc(N2CCCN(C)CC2)cn1. The summed E-state index contributed by atoms with van der Waals surface area (Å²) in [5.74, 6) is 0. The standard InChI is InChI=1S/C14H23N3O/c1-3-14(18)13-6-5-12(11-15-13)17-8-4-7-16(2)9-10-17/h5-6,11,14,18H,3-4,7-10H2,1-2H3. The highest BCUT2D eigenvalue weighted by Crippen LogP contribution is 2.19. The van der Waals surface area contributed by atoms with E-state index in [2.05, 4.69) is 27.9 Å². The monoisotopic (exact) mass is 249 g/mol. The first-order chi connectivity index (χ1) is 8.70. The zero-order valence-corrected chi connectivity index (χ0v) is 11.3. The number of aliphatic hydroxyl groups excluding tert-OH is 1. The van der Waals surface area contributed by atoms with E-state index in [1.165, 1.54) is 6.42 Å². The van der Waals surface area contributed by atoms with Gasteiger partial charge in [-0.25, -0.2) is 0 Å². The second-order valence-corrected chi connectivity index (χ2v) is 5.01. The largest absolute Gasteiger partial charge is 0.387 e. The summed E-state index contributed by atoms with van der Waals surface area (Å²) in [5, 5.41) is 9.73. The van der Waals surface area contributed by atoms with Gasteiger partial charge in [0, 0.05) is 19.6 Å². The summed E-state index contributed by atoms with van der Waals surface area (Å²) in [4.78, 5) is 9.11. The van der Waals surface area contributed by atoms with Crippen LogP contribution in [0, 0.1) is 0 Å². The first kappa shape index (κ1) is 13.3. The molecule has 0 radical (unpaired) electrons. The molecule has 4 nitrogen and oxygen atoms in total. The number of rotatable bonds is 3. The molecule has 2 heterocycles. The lowest BCUT2D eigenvalue weighted by Crippen LogP contribution is -2.28. The van der Waals surface area contributed by atoms with Gasteiger partial charge in [0.2, 0.25) is 0 Å². The molecule has 18 heavy (non-hydrogen) atoms. The van der Waals surface area contributed by atoms with Crippen molar-refractivity contribution in [1.82, 2.24) is 9.88 Å². The third kappa shape index (κ3) is 3.21. The van der Waals surface area contributed by atoms with Crippen LogP contribution in [0.2, 0.25) is 0 Å². The molecule has 0 bridgehead atoms. The predicted molar refractivity (Wildman–Crippen MR) is 73.8 cm³/mol. The average molecular weight is 249 g/mol. The Balaban J connectivity index is 2.04. The maximum Gasteiger partial charge on any atom is 0.0957 e. The Labute approximate surface area is 109 Å². The fourth-order valence-electron chi connectivity index (χ4n) is 2.30. The van der Waals surface area contributed by atoms with Crippen molar-refractivity contribution in [2.24, 2.45) is 0 Å². The van der Waals surface area contributed by atoms with E-state index in [0.29, 0.717) is 6.42 Å². The summed E-state index contributed by atoms with van der Waals surface area (Å²) >= 11 is 0. The second kappa shape index (κ2) is 6.16. The van der Waals surface area contributed by atoms with E-state index in [1.807, 2.05) is 19.2 Å². The zero-order chi connectivity index (χ0) is 13.0. The molecule has 1 atom stereocenters. The minimum absolute atomic E-state index is 0.436. The van der Waals surface area contributed by atoms with Crippen molar-refractivity contribution in [3.05, 3.63) is 24.0 Å². The number of aromatic nitrogens is 1. The summed E-state index contributed by atoms with van der Waals surface area (Å²) in [7, 11) is 2.17. The molecule has 1 aromatic rings. The molecule has 4 heteroatoms. The van der Waals surface area contributed by atoms with Gasteiger partial charge in [-0.1, -0.05) is 6.92 Å². The van der Waals surface area contributed by atoms with Crippen LogP contribution < -0.4 is 4.90 Å². The van der Waals surface area contributed by atoms with E-state index in [-0.39, 0.29) is 0 Å². The van der Waals surface area contributed by atoms with Gasteiger partial charge in [0.05, 0.1) is 23.7 Å². The summed E-state index contributed by atoms with van der Waals surface area (Å²) in [6.45, 7) is 6.36. The van der Waals surface area contributed by atoms with E-state index in [1.54, 1.807) is 0 Å². The Kier molecular flexibility index (Phi) is 4.55. The fraction of sp³-hybridized carbons (Fsp3) is 0.643. The van der Waals surface area contributed by atoms with Crippen LogP contribution in [0.15, 0.2) is 18.3 Å². The summed E-state index contributed by atoms with van der Waals surface area (Å²) in [6, 6.07) is 4.02. The van der Waals surface area contributed by atoms with Crippen LogP contribution in [-0.4, -0.2) is 48.2 Å². The van der Waals surface area contributed by atoms with Crippen LogP contribution in [-0.2, 0) is 0 Å². The number of hydrogen-bond acceptors (Lipinski definition) is 4.